The second-order valence-electron chi connectivity index (χ2n) is 7.79. The summed E-state index contributed by atoms with van der Waals surface area (Å²) in [4.78, 5) is 0. The van der Waals surface area contributed by atoms with Crippen LogP contribution in [0.4, 0.5) is 0 Å². The van der Waals surface area contributed by atoms with Gasteiger partial charge in [-0.05, 0) is 61.6 Å². The van der Waals surface area contributed by atoms with Crippen LogP contribution in [0.5, 0.6) is 0 Å². The molecule has 1 aromatic heterocycles. The molecule has 0 aliphatic rings. The third kappa shape index (κ3) is 2.08. The molecule has 0 amide bonds. The summed E-state index contributed by atoms with van der Waals surface area (Å²) in [5.41, 5.74) is 2.63. The normalized spacial score (nSPS) is 12.1. The van der Waals surface area contributed by atoms with Crippen LogP contribution in [-0.2, 0) is 0 Å². The van der Waals surface area contributed by atoms with Gasteiger partial charge < -0.3 is 0 Å². The molecule has 0 bridgehead atoms. The lowest BCUT2D eigenvalue weighted by atomic mass is 9.91. The molecule has 0 unspecified atom stereocenters. The summed E-state index contributed by atoms with van der Waals surface area (Å²) < 4.78 is 2.73. The molecule has 6 aromatic carbocycles. The van der Waals surface area contributed by atoms with Gasteiger partial charge in [-0.15, -0.1) is 11.3 Å². The zero-order valence-electron chi connectivity index (χ0n) is 15.6. The minimum absolute atomic E-state index is 1.30. The zero-order valence-corrected chi connectivity index (χ0v) is 16.5. The Balaban J connectivity index is 1.60. The molecule has 29 heavy (non-hydrogen) atoms. The highest BCUT2D eigenvalue weighted by Crippen LogP contribution is 2.42. The smallest absolute Gasteiger partial charge is 0.0433 e. The first-order chi connectivity index (χ1) is 14.4. The second kappa shape index (κ2) is 5.56. The van der Waals surface area contributed by atoms with Crippen LogP contribution in [-0.4, -0.2) is 0 Å². The minimum Gasteiger partial charge on any atom is -0.135 e. The van der Waals surface area contributed by atoms with E-state index in [9.17, 15) is 0 Å². The minimum atomic E-state index is 1.30. The van der Waals surface area contributed by atoms with E-state index in [2.05, 4.69) is 97.1 Å². The maximum atomic E-state index is 2.37. The van der Waals surface area contributed by atoms with E-state index in [1.54, 1.807) is 0 Å². The Morgan fingerprint density at radius 3 is 1.90 bits per heavy atom. The average Bonchev–Trinajstić information content (AvgIpc) is 3.16. The van der Waals surface area contributed by atoms with Gasteiger partial charge in [-0.1, -0.05) is 78.9 Å². The molecule has 0 N–H and O–H groups in total. The number of thiophene rings is 1. The van der Waals surface area contributed by atoms with Gasteiger partial charge in [-0.25, -0.2) is 0 Å². The number of fused-ring (bicyclic) bond motifs is 3. The molecule has 0 spiro atoms. The molecule has 0 fully saturated rings. The maximum Gasteiger partial charge on any atom is 0.0433 e. The Bertz CT molecular complexity index is 1640. The van der Waals surface area contributed by atoms with E-state index in [1.807, 2.05) is 11.3 Å². The van der Waals surface area contributed by atoms with Crippen molar-refractivity contribution in [2.24, 2.45) is 0 Å². The Labute approximate surface area is 172 Å². The topological polar surface area (TPSA) is 0 Å². The molecule has 1 heteroatoms. The summed E-state index contributed by atoms with van der Waals surface area (Å²) in [6.07, 6.45) is 0. The molecule has 0 nitrogen and oxygen atoms in total. The molecule has 0 atom stereocenters. The molecular formula is C28H16S. The van der Waals surface area contributed by atoms with E-state index >= 15 is 0 Å². The molecular weight excluding hydrogens is 368 g/mol. The van der Waals surface area contributed by atoms with E-state index < -0.39 is 0 Å². The third-order valence-corrected chi connectivity index (χ3v) is 7.40. The Kier molecular flexibility index (Phi) is 2.97. The van der Waals surface area contributed by atoms with Gasteiger partial charge in [-0.2, -0.15) is 0 Å². The van der Waals surface area contributed by atoms with Crippen molar-refractivity contribution in [1.82, 2.24) is 0 Å². The molecule has 134 valence electrons. The van der Waals surface area contributed by atoms with Crippen LogP contribution < -0.4 is 0 Å². The highest BCUT2D eigenvalue weighted by Gasteiger charge is 2.13. The monoisotopic (exact) mass is 384 g/mol. The molecule has 7 aromatic rings. The van der Waals surface area contributed by atoms with Crippen molar-refractivity contribution in [3.8, 4) is 11.1 Å². The lowest BCUT2D eigenvalue weighted by molar-refractivity contribution is 1.73. The van der Waals surface area contributed by atoms with Crippen LogP contribution in [0.15, 0.2) is 97.1 Å². The van der Waals surface area contributed by atoms with Gasteiger partial charge in [0.05, 0.1) is 0 Å². The molecule has 1 heterocycles. The van der Waals surface area contributed by atoms with Gasteiger partial charge in [0.1, 0.15) is 0 Å². The van der Waals surface area contributed by atoms with Gasteiger partial charge in [0.15, 0.2) is 0 Å². The summed E-state index contributed by atoms with van der Waals surface area (Å²) in [6.45, 7) is 0. The van der Waals surface area contributed by atoms with E-state index in [4.69, 9.17) is 0 Å². The largest absolute Gasteiger partial charge is 0.135 e. The lowest BCUT2D eigenvalue weighted by Gasteiger charge is -2.13. The van der Waals surface area contributed by atoms with Crippen molar-refractivity contribution < 1.29 is 0 Å². The van der Waals surface area contributed by atoms with Crippen molar-refractivity contribution in [2.45, 2.75) is 0 Å². The maximum absolute atomic E-state index is 2.37. The fourth-order valence-electron chi connectivity index (χ4n) is 4.88. The second-order valence-corrected chi connectivity index (χ2v) is 8.84. The predicted molar refractivity (Wildman–Crippen MR) is 128 cm³/mol. The first-order valence-electron chi connectivity index (χ1n) is 9.95. The molecule has 0 aliphatic carbocycles. The standard InChI is InChI=1S/C28H16S/c1-2-10-25-23(7-1)24-9-4-8-22(28(24)29-25)21-15-19-13-11-17-5-3-6-18-12-14-20(16-21)27(19)26(17)18/h1-16H. The fraction of sp³-hybridized carbons (Fsp3) is 0. The SMILES string of the molecule is c1cc2ccc3cc(-c4cccc5c4sc4ccccc45)cc4ccc(c1)c2c34. The summed E-state index contributed by atoms with van der Waals surface area (Å²) >= 11 is 1.90. The predicted octanol–water partition coefficient (Wildman–Crippen LogP) is 8.62. The van der Waals surface area contributed by atoms with Crippen molar-refractivity contribution in [3.63, 3.8) is 0 Å². The van der Waals surface area contributed by atoms with Crippen molar-refractivity contribution in [2.75, 3.05) is 0 Å². The molecule has 0 saturated heterocycles. The van der Waals surface area contributed by atoms with Gasteiger partial charge in [0, 0.05) is 20.2 Å². The van der Waals surface area contributed by atoms with E-state index in [0.717, 1.165) is 0 Å². The van der Waals surface area contributed by atoms with Crippen LogP contribution >= 0.6 is 11.3 Å². The Morgan fingerprint density at radius 1 is 0.483 bits per heavy atom. The van der Waals surface area contributed by atoms with Gasteiger partial charge >= 0.3 is 0 Å². The highest BCUT2D eigenvalue weighted by atomic mass is 32.1. The number of hydrogen-bond acceptors (Lipinski definition) is 1. The number of rotatable bonds is 1. The van der Waals surface area contributed by atoms with Gasteiger partial charge in [0.25, 0.3) is 0 Å². The summed E-state index contributed by atoms with van der Waals surface area (Å²) in [6, 6.07) is 35.8. The number of hydrogen-bond donors (Lipinski definition) is 0. The number of benzene rings is 6. The summed E-state index contributed by atoms with van der Waals surface area (Å²) in [7, 11) is 0. The quantitative estimate of drug-likeness (QED) is 0.248. The van der Waals surface area contributed by atoms with Gasteiger partial charge in [0.2, 0.25) is 0 Å². The zero-order chi connectivity index (χ0) is 18.9. The van der Waals surface area contributed by atoms with Crippen LogP contribution in [0.1, 0.15) is 0 Å². The third-order valence-electron chi connectivity index (χ3n) is 6.18. The van der Waals surface area contributed by atoms with E-state index in [-0.39, 0.29) is 0 Å². The van der Waals surface area contributed by atoms with Crippen molar-refractivity contribution in [3.05, 3.63) is 97.1 Å². The van der Waals surface area contributed by atoms with E-state index in [1.165, 1.54) is 63.6 Å². The van der Waals surface area contributed by atoms with Crippen LogP contribution in [0, 0.1) is 0 Å². The molecule has 0 aliphatic heterocycles. The van der Waals surface area contributed by atoms with Gasteiger partial charge in [-0.3, -0.25) is 0 Å². The molecule has 7 rings (SSSR count). The molecule has 0 radical (unpaired) electrons. The van der Waals surface area contributed by atoms with Crippen LogP contribution in [0.25, 0.3) is 63.6 Å². The summed E-state index contributed by atoms with van der Waals surface area (Å²) in [5.74, 6) is 0. The Morgan fingerprint density at radius 2 is 1.10 bits per heavy atom. The average molecular weight is 385 g/mol. The van der Waals surface area contributed by atoms with Crippen LogP contribution in [0.2, 0.25) is 0 Å². The van der Waals surface area contributed by atoms with E-state index in [0.29, 0.717) is 0 Å². The van der Waals surface area contributed by atoms with Crippen molar-refractivity contribution in [1.29, 1.82) is 0 Å². The molecule has 0 saturated carbocycles. The van der Waals surface area contributed by atoms with Crippen molar-refractivity contribution >= 4 is 63.8 Å². The highest BCUT2D eigenvalue weighted by molar-refractivity contribution is 7.26. The van der Waals surface area contributed by atoms with Crippen LogP contribution in [0.3, 0.4) is 0 Å². The lowest BCUT2D eigenvalue weighted by Crippen LogP contribution is -1.86. The fourth-order valence-corrected chi connectivity index (χ4v) is 6.12. The Hall–Kier alpha value is -3.42. The first kappa shape index (κ1) is 15.5. The summed E-state index contributed by atoms with van der Waals surface area (Å²) in [5, 5.41) is 10.8. The first-order valence-corrected chi connectivity index (χ1v) is 10.8.